The molecule has 0 spiro atoms. The molecule has 0 radical (unpaired) electrons. The second kappa shape index (κ2) is 11.6. The van der Waals surface area contributed by atoms with Gasteiger partial charge in [0.15, 0.2) is 10.8 Å². The van der Waals surface area contributed by atoms with E-state index in [0.717, 1.165) is 11.3 Å². The molecule has 12 nitrogen and oxygen atoms in total. The molecule has 4 N–H and O–H groups in total. The molecule has 1 aliphatic heterocycles. The molecular formula is C17H26N6O6S2. The zero-order chi connectivity index (χ0) is 23.8. The molecular weight excluding hydrogens is 448 g/mol. The lowest BCUT2D eigenvalue weighted by Crippen LogP contribution is -2.71. The topological polar surface area (TPSA) is 168 Å². The Morgan fingerprint density at radius 1 is 1.45 bits per heavy atom. The standard InChI is InChI=1S/C11H11N5O6S2.C6H15N/c1-3-6-8(10(18)16(6)24(19,20)21)14-9(17)7(15-22-2)5-4-23-11(12)13-5;1-4-7(5-2)6-3/h1,4,6,8H,2H3,(H2,12,13)(H,14,17)(H,19,20,21);4-6H2,1-3H3/b15-7-;/t6-,8-;/m0./s1. The van der Waals surface area contributed by atoms with Crippen LogP contribution in [0.25, 0.3) is 0 Å². The van der Waals surface area contributed by atoms with Crippen molar-refractivity contribution in [2.24, 2.45) is 5.16 Å². The molecule has 0 unspecified atom stereocenters. The van der Waals surface area contributed by atoms with Gasteiger partial charge in [-0.3, -0.25) is 14.1 Å². The van der Waals surface area contributed by atoms with Gasteiger partial charge in [0.25, 0.3) is 11.8 Å². The number of nitrogen functional groups attached to an aromatic ring is 1. The normalized spacial score (nSPS) is 18.5. The number of oxime groups is 1. The fourth-order valence-corrected chi connectivity index (χ4v) is 3.96. The molecule has 0 saturated carbocycles. The van der Waals surface area contributed by atoms with Crippen LogP contribution < -0.4 is 11.1 Å². The second-order valence-corrected chi connectivity index (χ2v) is 8.17. The van der Waals surface area contributed by atoms with Crippen LogP contribution in [0.5, 0.6) is 0 Å². The summed E-state index contributed by atoms with van der Waals surface area (Å²) in [5.41, 5.74) is 5.31. The predicted octanol–water partition coefficient (Wildman–Crippen LogP) is -0.444. The van der Waals surface area contributed by atoms with E-state index in [2.05, 4.69) is 46.0 Å². The van der Waals surface area contributed by atoms with Crippen LogP contribution in [-0.2, 0) is 24.7 Å². The van der Waals surface area contributed by atoms with Crippen molar-refractivity contribution in [1.82, 2.24) is 19.5 Å². The van der Waals surface area contributed by atoms with Crippen LogP contribution in [0.1, 0.15) is 26.5 Å². The van der Waals surface area contributed by atoms with Gasteiger partial charge in [-0.05, 0) is 19.6 Å². The molecule has 0 bridgehead atoms. The molecule has 1 aromatic heterocycles. The molecule has 2 amide bonds. The average molecular weight is 475 g/mol. The lowest BCUT2D eigenvalue weighted by Gasteiger charge is -2.41. The Balaban J connectivity index is 0.000000592. The second-order valence-electron chi connectivity index (χ2n) is 5.99. The van der Waals surface area contributed by atoms with E-state index in [0.29, 0.717) is 0 Å². The Labute approximate surface area is 185 Å². The van der Waals surface area contributed by atoms with Crippen LogP contribution in [0, 0.1) is 12.3 Å². The highest BCUT2D eigenvalue weighted by atomic mass is 32.2. The van der Waals surface area contributed by atoms with Crippen molar-refractivity contribution >= 4 is 44.3 Å². The summed E-state index contributed by atoms with van der Waals surface area (Å²) >= 11 is 1.05. The molecule has 1 saturated heterocycles. The van der Waals surface area contributed by atoms with Crippen molar-refractivity contribution in [3.8, 4) is 12.3 Å². The molecule has 1 fully saturated rings. The van der Waals surface area contributed by atoms with Crippen LogP contribution in [-0.4, -0.2) is 83.5 Å². The van der Waals surface area contributed by atoms with E-state index >= 15 is 0 Å². The fourth-order valence-electron chi connectivity index (χ4n) is 2.60. The van der Waals surface area contributed by atoms with Gasteiger partial charge in [0, 0.05) is 5.38 Å². The van der Waals surface area contributed by atoms with Gasteiger partial charge in [0.05, 0.1) is 0 Å². The third-order valence-corrected chi connectivity index (χ3v) is 5.84. The number of thiazole rings is 1. The monoisotopic (exact) mass is 474 g/mol. The first-order chi connectivity index (χ1) is 14.5. The maximum atomic E-state index is 12.3. The van der Waals surface area contributed by atoms with Crippen molar-refractivity contribution in [2.45, 2.75) is 32.9 Å². The van der Waals surface area contributed by atoms with Crippen LogP contribution in [0.2, 0.25) is 0 Å². The summed E-state index contributed by atoms with van der Waals surface area (Å²) in [4.78, 5) is 34.9. The number of hydrogen-bond acceptors (Lipinski definition) is 10. The van der Waals surface area contributed by atoms with Gasteiger partial charge in [-0.2, -0.15) is 12.7 Å². The number of anilines is 1. The number of hydrogen-bond donors (Lipinski definition) is 3. The summed E-state index contributed by atoms with van der Waals surface area (Å²) in [6.07, 6.45) is 5.15. The average Bonchev–Trinajstić information content (AvgIpc) is 3.14. The van der Waals surface area contributed by atoms with E-state index in [1.807, 2.05) is 5.92 Å². The van der Waals surface area contributed by atoms with Gasteiger partial charge in [0.1, 0.15) is 24.9 Å². The third-order valence-electron chi connectivity index (χ3n) is 4.26. The molecule has 1 aliphatic rings. The highest BCUT2D eigenvalue weighted by molar-refractivity contribution is 7.84. The van der Waals surface area contributed by atoms with Crippen molar-refractivity contribution in [3.63, 3.8) is 0 Å². The van der Waals surface area contributed by atoms with Gasteiger partial charge >= 0.3 is 10.3 Å². The molecule has 0 aromatic carbocycles. The van der Waals surface area contributed by atoms with Crippen molar-refractivity contribution < 1.29 is 27.4 Å². The number of nitrogens with one attached hydrogen (secondary N) is 1. The molecule has 1 aromatic rings. The third kappa shape index (κ3) is 6.62. The fraction of sp³-hybridized carbons (Fsp3) is 0.529. The summed E-state index contributed by atoms with van der Waals surface area (Å²) in [5, 5.41) is 7.36. The molecule has 2 heterocycles. The van der Waals surface area contributed by atoms with Gasteiger partial charge < -0.3 is 20.8 Å². The summed E-state index contributed by atoms with van der Waals surface area (Å²) in [5.74, 6) is 0.0461. The minimum Gasteiger partial charge on any atom is -0.398 e. The summed E-state index contributed by atoms with van der Waals surface area (Å²) in [7, 11) is -3.62. The molecule has 2 atom stereocenters. The summed E-state index contributed by atoms with van der Waals surface area (Å²) in [6.45, 7) is 10.1. The quantitative estimate of drug-likeness (QED) is 0.149. The van der Waals surface area contributed by atoms with E-state index in [1.165, 1.54) is 32.1 Å². The zero-order valence-electron chi connectivity index (χ0n) is 17.6. The first-order valence-corrected chi connectivity index (χ1v) is 11.5. The molecule has 172 valence electrons. The lowest BCUT2D eigenvalue weighted by atomic mass is 9.99. The van der Waals surface area contributed by atoms with Crippen molar-refractivity contribution in [3.05, 3.63) is 11.1 Å². The maximum Gasteiger partial charge on any atom is 0.363 e. The number of nitrogens with zero attached hydrogens (tertiary/aromatic N) is 4. The summed E-state index contributed by atoms with van der Waals surface area (Å²) < 4.78 is 31.2. The number of terminal acetylenes is 1. The van der Waals surface area contributed by atoms with E-state index in [4.69, 9.17) is 16.7 Å². The molecule has 31 heavy (non-hydrogen) atoms. The number of carbonyl (C=O) groups excluding carboxylic acids is 2. The number of β-lactam (4-membered cyclic amide) rings is 1. The minimum atomic E-state index is -4.82. The van der Waals surface area contributed by atoms with Gasteiger partial charge in [-0.15, -0.1) is 17.8 Å². The van der Waals surface area contributed by atoms with Crippen LogP contribution in [0.15, 0.2) is 10.5 Å². The smallest absolute Gasteiger partial charge is 0.363 e. The van der Waals surface area contributed by atoms with Crippen molar-refractivity contribution in [1.29, 1.82) is 0 Å². The van der Waals surface area contributed by atoms with Crippen LogP contribution in [0.4, 0.5) is 5.13 Å². The Kier molecular flexibility index (Phi) is 9.85. The highest BCUT2D eigenvalue weighted by Gasteiger charge is 2.53. The molecule has 2 rings (SSSR count). The number of aromatic nitrogens is 1. The first-order valence-electron chi connectivity index (χ1n) is 9.18. The molecule has 14 heteroatoms. The first kappa shape index (κ1) is 26.3. The van der Waals surface area contributed by atoms with Gasteiger partial charge in [-0.1, -0.05) is 31.8 Å². The van der Waals surface area contributed by atoms with Crippen LogP contribution in [0.3, 0.4) is 0 Å². The van der Waals surface area contributed by atoms with E-state index in [1.54, 1.807) is 0 Å². The lowest BCUT2D eigenvalue weighted by molar-refractivity contribution is -0.142. The predicted molar refractivity (Wildman–Crippen MR) is 116 cm³/mol. The molecule has 0 aliphatic carbocycles. The Hall–Kier alpha value is -2.73. The van der Waals surface area contributed by atoms with E-state index in [9.17, 15) is 18.0 Å². The Bertz CT molecular complexity index is 945. The summed E-state index contributed by atoms with van der Waals surface area (Å²) in [6, 6.07) is -2.71. The van der Waals surface area contributed by atoms with Gasteiger partial charge in [0.2, 0.25) is 0 Å². The number of carbonyl (C=O) groups is 2. The highest BCUT2D eigenvalue weighted by Crippen LogP contribution is 2.23. The minimum absolute atomic E-state index is 0.0892. The van der Waals surface area contributed by atoms with E-state index in [-0.39, 0.29) is 20.8 Å². The SMILES string of the molecule is C#C[C@H]1[C@H](NC(=O)/C(=N\OC)c2csc(N)n2)C(=O)N1S(=O)(=O)O.CCN(CC)CC. The van der Waals surface area contributed by atoms with Crippen molar-refractivity contribution in [2.75, 3.05) is 32.5 Å². The van der Waals surface area contributed by atoms with Crippen LogP contribution >= 0.6 is 11.3 Å². The number of amides is 2. The van der Waals surface area contributed by atoms with E-state index < -0.39 is 34.2 Å². The van der Waals surface area contributed by atoms with Gasteiger partial charge in [-0.25, -0.2) is 4.98 Å². The Morgan fingerprint density at radius 2 is 2.03 bits per heavy atom. The maximum absolute atomic E-state index is 12.3. The number of nitrogens with two attached hydrogens (primary N) is 1. The Morgan fingerprint density at radius 3 is 2.39 bits per heavy atom. The zero-order valence-corrected chi connectivity index (χ0v) is 19.2. The largest absolute Gasteiger partial charge is 0.398 e. The number of rotatable bonds is 8.